The lowest BCUT2D eigenvalue weighted by Crippen LogP contribution is -2.43. The van der Waals surface area contributed by atoms with E-state index in [2.05, 4.69) is 31.0 Å². The van der Waals surface area contributed by atoms with E-state index in [0.29, 0.717) is 19.3 Å². The van der Waals surface area contributed by atoms with Crippen LogP contribution in [0.5, 0.6) is 0 Å². The van der Waals surface area contributed by atoms with Gasteiger partial charge in [-0.05, 0) is 33.9 Å². The molecule has 0 fully saturated rings. The predicted molar refractivity (Wildman–Crippen MR) is 72.3 cm³/mol. The van der Waals surface area contributed by atoms with Gasteiger partial charge in [-0.15, -0.1) is 0 Å². The zero-order chi connectivity index (χ0) is 13.1. The number of rotatable bonds is 11. The molecule has 0 saturated heterocycles. The maximum Gasteiger partial charge on any atom is 0.169 e. The molecule has 0 aliphatic rings. The number of nitrogens with zero attached hydrogens (tertiary/aromatic N) is 1. The highest BCUT2D eigenvalue weighted by Gasteiger charge is 2.11. The molecule has 0 bridgehead atoms. The molecule has 4 heteroatoms. The van der Waals surface area contributed by atoms with Crippen molar-refractivity contribution in [2.45, 2.75) is 47.0 Å². The second-order valence-electron chi connectivity index (χ2n) is 4.14. The third kappa shape index (κ3) is 8.55. The maximum absolute atomic E-state index is 5.49. The van der Waals surface area contributed by atoms with Crippen molar-refractivity contribution in [3.8, 4) is 0 Å². The van der Waals surface area contributed by atoms with E-state index in [1.807, 2.05) is 13.8 Å². The first-order valence-electron chi connectivity index (χ1n) is 6.86. The van der Waals surface area contributed by atoms with Gasteiger partial charge in [0.1, 0.15) is 0 Å². The van der Waals surface area contributed by atoms with Crippen LogP contribution in [-0.2, 0) is 9.47 Å². The Morgan fingerprint density at radius 1 is 1.00 bits per heavy atom. The summed E-state index contributed by atoms with van der Waals surface area (Å²) in [5.74, 6) is 0. The van der Waals surface area contributed by atoms with Gasteiger partial charge in [-0.2, -0.15) is 0 Å². The standard InChI is InChI=1S/C13H30N2O2/c1-6-15(7-2)11-12(5)14-10-13(16-8-3)17-9-4/h12-14H,6-11H2,1-5H3. The van der Waals surface area contributed by atoms with Gasteiger partial charge in [0, 0.05) is 32.3 Å². The van der Waals surface area contributed by atoms with Crippen LogP contribution < -0.4 is 5.32 Å². The van der Waals surface area contributed by atoms with Gasteiger partial charge in [0.25, 0.3) is 0 Å². The Hall–Kier alpha value is -0.160. The summed E-state index contributed by atoms with van der Waals surface area (Å²) in [7, 11) is 0. The second-order valence-corrected chi connectivity index (χ2v) is 4.14. The molecule has 0 aromatic heterocycles. The van der Waals surface area contributed by atoms with E-state index in [1.165, 1.54) is 0 Å². The first kappa shape index (κ1) is 16.8. The largest absolute Gasteiger partial charge is 0.352 e. The molecule has 104 valence electrons. The zero-order valence-electron chi connectivity index (χ0n) is 12.2. The zero-order valence-corrected chi connectivity index (χ0v) is 12.2. The van der Waals surface area contributed by atoms with Crippen LogP contribution in [0.2, 0.25) is 0 Å². The molecule has 0 rings (SSSR count). The van der Waals surface area contributed by atoms with Gasteiger partial charge in [-0.25, -0.2) is 0 Å². The Kier molecular flexibility index (Phi) is 10.9. The summed E-state index contributed by atoms with van der Waals surface area (Å²) in [5.41, 5.74) is 0. The molecular formula is C13H30N2O2. The highest BCUT2D eigenvalue weighted by Crippen LogP contribution is 1.96. The maximum atomic E-state index is 5.49. The van der Waals surface area contributed by atoms with E-state index in [-0.39, 0.29) is 6.29 Å². The van der Waals surface area contributed by atoms with E-state index in [9.17, 15) is 0 Å². The normalized spacial score (nSPS) is 13.6. The SMILES string of the molecule is CCOC(CNC(C)CN(CC)CC)OCC. The van der Waals surface area contributed by atoms with Crippen molar-refractivity contribution in [1.29, 1.82) is 0 Å². The lowest BCUT2D eigenvalue weighted by molar-refractivity contribution is -0.133. The van der Waals surface area contributed by atoms with Crippen LogP contribution in [0.15, 0.2) is 0 Å². The molecule has 1 N–H and O–H groups in total. The van der Waals surface area contributed by atoms with Gasteiger partial charge < -0.3 is 19.7 Å². The van der Waals surface area contributed by atoms with E-state index in [0.717, 1.165) is 26.2 Å². The molecule has 0 aliphatic heterocycles. The van der Waals surface area contributed by atoms with E-state index in [4.69, 9.17) is 9.47 Å². The minimum Gasteiger partial charge on any atom is -0.352 e. The first-order chi connectivity index (χ1) is 8.17. The van der Waals surface area contributed by atoms with E-state index < -0.39 is 0 Å². The number of hydrogen-bond donors (Lipinski definition) is 1. The lowest BCUT2D eigenvalue weighted by atomic mass is 10.3. The minimum absolute atomic E-state index is 0.121. The molecule has 1 unspecified atom stereocenters. The van der Waals surface area contributed by atoms with Gasteiger partial charge >= 0.3 is 0 Å². The highest BCUT2D eigenvalue weighted by atomic mass is 16.7. The quantitative estimate of drug-likeness (QED) is 0.563. The Morgan fingerprint density at radius 2 is 1.53 bits per heavy atom. The summed E-state index contributed by atoms with van der Waals surface area (Å²) in [6.45, 7) is 16.0. The number of hydrogen-bond acceptors (Lipinski definition) is 4. The first-order valence-corrected chi connectivity index (χ1v) is 6.86. The fraction of sp³-hybridized carbons (Fsp3) is 1.00. The summed E-state index contributed by atoms with van der Waals surface area (Å²) in [6.07, 6.45) is -0.121. The smallest absolute Gasteiger partial charge is 0.169 e. The molecule has 17 heavy (non-hydrogen) atoms. The molecule has 0 heterocycles. The Morgan fingerprint density at radius 3 is 1.94 bits per heavy atom. The van der Waals surface area contributed by atoms with Gasteiger partial charge in [0.05, 0.1) is 0 Å². The van der Waals surface area contributed by atoms with Crippen molar-refractivity contribution in [1.82, 2.24) is 10.2 Å². The minimum atomic E-state index is -0.121. The van der Waals surface area contributed by atoms with Crippen LogP contribution >= 0.6 is 0 Å². The van der Waals surface area contributed by atoms with Crippen molar-refractivity contribution in [2.75, 3.05) is 39.4 Å². The second kappa shape index (κ2) is 11.0. The topological polar surface area (TPSA) is 33.7 Å². The van der Waals surface area contributed by atoms with Crippen molar-refractivity contribution in [2.24, 2.45) is 0 Å². The fourth-order valence-electron chi connectivity index (χ4n) is 1.77. The monoisotopic (exact) mass is 246 g/mol. The van der Waals surface area contributed by atoms with Crippen LogP contribution in [0.25, 0.3) is 0 Å². The molecular weight excluding hydrogens is 216 g/mol. The Labute approximate surface area is 107 Å². The van der Waals surface area contributed by atoms with Crippen molar-refractivity contribution < 1.29 is 9.47 Å². The van der Waals surface area contributed by atoms with Crippen LogP contribution in [0.4, 0.5) is 0 Å². The number of likely N-dealkylation sites (N-methyl/N-ethyl adjacent to an activating group) is 1. The molecule has 0 spiro atoms. The van der Waals surface area contributed by atoms with Gasteiger partial charge in [-0.3, -0.25) is 0 Å². The van der Waals surface area contributed by atoms with Gasteiger partial charge in [0.15, 0.2) is 6.29 Å². The Balaban J connectivity index is 3.81. The molecule has 0 radical (unpaired) electrons. The van der Waals surface area contributed by atoms with Crippen LogP contribution in [0, 0.1) is 0 Å². The summed E-state index contributed by atoms with van der Waals surface area (Å²) in [4.78, 5) is 2.41. The molecule has 0 amide bonds. The number of nitrogens with one attached hydrogen (secondary N) is 1. The van der Waals surface area contributed by atoms with Crippen LogP contribution in [0.3, 0.4) is 0 Å². The molecule has 0 aromatic rings. The van der Waals surface area contributed by atoms with Crippen molar-refractivity contribution in [3.63, 3.8) is 0 Å². The molecule has 4 nitrogen and oxygen atoms in total. The highest BCUT2D eigenvalue weighted by molar-refractivity contribution is 4.67. The van der Waals surface area contributed by atoms with Gasteiger partial charge in [-0.1, -0.05) is 13.8 Å². The molecule has 1 atom stereocenters. The van der Waals surface area contributed by atoms with Gasteiger partial charge in [0.2, 0.25) is 0 Å². The molecule has 0 saturated carbocycles. The lowest BCUT2D eigenvalue weighted by Gasteiger charge is -2.25. The molecule has 0 aromatic carbocycles. The number of ether oxygens (including phenoxy) is 2. The van der Waals surface area contributed by atoms with Crippen LogP contribution in [-0.4, -0.2) is 56.6 Å². The third-order valence-corrected chi connectivity index (χ3v) is 2.76. The summed E-state index contributed by atoms with van der Waals surface area (Å²) in [6, 6.07) is 0.457. The average molecular weight is 246 g/mol. The van der Waals surface area contributed by atoms with Crippen LogP contribution in [0.1, 0.15) is 34.6 Å². The van der Waals surface area contributed by atoms with Crippen molar-refractivity contribution in [3.05, 3.63) is 0 Å². The summed E-state index contributed by atoms with van der Waals surface area (Å²) in [5, 5.41) is 3.46. The predicted octanol–water partition coefficient (Wildman–Crippen LogP) is 1.71. The molecule has 0 aliphatic carbocycles. The Bertz CT molecular complexity index is 157. The summed E-state index contributed by atoms with van der Waals surface area (Å²) >= 11 is 0. The summed E-state index contributed by atoms with van der Waals surface area (Å²) < 4.78 is 11.0. The third-order valence-electron chi connectivity index (χ3n) is 2.76. The van der Waals surface area contributed by atoms with E-state index >= 15 is 0 Å². The van der Waals surface area contributed by atoms with Crippen molar-refractivity contribution >= 4 is 0 Å². The fourth-order valence-corrected chi connectivity index (χ4v) is 1.77. The average Bonchev–Trinajstić information content (AvgIpc) is 2.33. The van der Waals surface area contributed by atoms with E-state index in [1.54, 1.807) is 0 Å².